The predicted octanol–water partition coefficient (Wildman–Crippen LogP) is 1.93. The van der Waals surface area contributed by atoms with Gasteiger partial charge in [0.25, 0.3) is 0 Å². The highest BCUT2D eigenvalue weighted by Gasteiger charge is 2.20. The van der Waals surface area contributed by atoms with Gasteiger partial charge in [0, 0.05) is 32.4 Å². The number of anilines is 1. The summed E-state index contributed by atoms with van der Waals surface area (Å²) >= 11 is 0. The molecule has 0 bridgehead atoms. The Balaban J connectivity index is 2.95. The van der Waals surface area contributed by atoms with Crippen LogP contribution in [0.2, 0.25) is 0 Å². The zero-order valence-electron chi connectivity index (χ0n) is 11.2. The van der Waals surface area contributed by atoms with E-state index in [0.29, 0.717) is 12.4 Å². The molecule has 0 amide bonds. The van der Waals surface area contributed by atoms with Gasteiger partial charge < -0.3 is 5.32 Å². The second-order valence-corrected chi connectivity index (χ2v) is 6.18. The minimum Gasteiger partial charge on any atom is -0.370 e. The molecule has 1 heterocycles. The Bertz CT molecular complexity index is 474. The summed E-state index contributed by atoms with van der Waals surface area (Å²) in [5, 5.41) is 3.08. The molecule has 0 atom stereocenters. The van der Waals surface area contributed by atoms with E-state index < -0.39 is 10.0 Å². The highest BCUT2D eigenvalue weighted by atomic mass is 32.2. The molecule has 0 aliphatic carbocycles. The summed E-state index contributed by atoms with van der Waals surface area (Å²) in [6.07, 6.45) is 3.28. The van der Waals surface area contributed by atoms with E-state index in [1.807, 2.05) is 13.8 Å². The zero-order chi connectivity index (χ0) is 13.6. The molecule has 0 unspecified atom stereocenters. The van der Waals surface area contributed by atoms with E-state index >= 15 is 0 Å². The van der Waals surface area contributed by atoms with E-state index in [4.69, 9.17) is 0 Å². The van der Waals surface area contributed by atoms with E-state index in [9.17, 15) is 8.42 Å². The normalized spacial score (nSPS) is 11.8. The largest absolute Gasteiger partial charge is 0.370 e. The molecule has 0 saturated carbocycles. The van der Waals surface area contributed by atoms with E-state index in [2.05, 4.69) is 10.3 Å². The van der Waals surface area contributed by atoms with Crippen molar-refractivity contribution >= 4 is 15.8 Å². The molecular weight excluding hydrogens is 250 g/mol. The van der Waals surface area contributed by atoms with Crippen LogP contribution in [0.5, 0.6) is 0 Å². The molecule has 0 saturated heterocycles. The number of pyridine rings is 1. The first-order chi connectivity index (χ1) is 8.52. The molecule has 0 aromatic carbocycles. The van der Waals surface area contributed by atoms with Gasteiger partial charge in [-0.3, -0.25) is 0 Å². The summed E-state index contributed by atoms with van der Waals surface area (Å²) in [6.45, 7) is 5.29. The van der Waals surface area contributed by atoms with Gasteiger partial charge in [-0.2, -0.15) is 0 Å². The Morgan fingerprint density at radius 1 is 1.33 bits per heavy atom. The Hall–Kier alpha value is -1.14. The maximum absolute atomic E-state index is 12.2. The first kappa shape index (κ1) is 14.9. The van der Waals surface area contributed by atoms with Gasteiger partial charge in [-0.15, -0.1) is 0 Å². The summed E-state index contributed by atoms with van der Waals surface area (Å²) < 4.78 is 25.8. The van der Waals surface area contributed by atoms with Crippen molar-refractivity contribution in [2.45, 2.75) is 31.6 Å². The molecule has 1 rings (SSSR count). The van der Waals surface area contributed by atoms with Crippen molar-refractivity contribution in [3.8, 4) is 0 Å². The number of hydrogen-bond acceptors (Lipinski definition) is 4. The number of sulfonamides is 1. The Labute approximate surface area is 109 Å². The van der Waals surface area contributed by atoms with Gasteiger partial charge in [-0.1, -0.05) is 13.8 Å². The molecule has 0 radical (unpaired) electrons. The van der Waals surface area contributed by atoms with Crippen LogP contribution in [0.3, 0.4) is 0 Å². The lowest BCUT2D eigenvalue weighted by molar-refractivity contribution is 0.468. The molecule has 1 N–H and O–H groups in total. The smallest absolute Gasteiger partial charge is 0.243 e. The third-order valence-corrected chi connectivity index (χ3v) is 4.39. The average molecular weight is 271 g/mol. The van der Waals surface area contributed by atoms with Gasteiger partial charge in [0.1, 0.15) is 5.82 Å². The van der Waals surface area contributed by atoms with Gasteiger partial charge >= 0.3 is 0 Å². The van der Waals surface area contributed by atoms with Crippen LogP contribution in [0, 0.1) is 0 Å². The van der Waals surface area contributed by atoms with Crippen LogP contribution in [0.4, 0.5) is 5.82 Å². The third-order valence-electron chi connectivity index (χ3n) is 2.53. The van der Waals surface area contributed by atoms with E-state index in [-0.39, 0.29) is 4.90 Å². The highest BCUT2D eigenvalue weighted by molar-refractivity contribution is 7.89. The zero-order valence-corrected chi connectivity index (χ0v) is 12.0. The topological polar surface area (TPSA) is 62.3 Å². The standard InChI is InChI=1S/C12H21N3O2S/c1-4-7-13-12-10-11(6-8-14-12)18(16,17)15(3)9-5-2/h6,8,10H,4-5,7,9H2,1-3H3,(H,13,14). The highest BCUT2D eigenvalue weighted by Crippen LogP contribution is 2.16. The summed E-state index contributed by atoms with van der Waals surface area (Å²) in [7, 11) is -1.80. The number of rotatable bonds is 7. The van der Waals surface area contributed by atoms with E-state index in [1.54, 1.807) is 13.1 Å². The van der Waals surface area contributed by atoms with Crippen molar-refractivity contribution in [3.63, 3.8) is 0 Å². The summed E-state index contributed by atoms with van der Waals surface area (Å²) in [6, 6.07) is 3.11. The summed E-state index contributed by atoms with van der Waals surface area (Å²) in [5.74, 6) is 0.600. The summed E-state index contributed by atoms with van der Waals surface area (Å²) in [4.78, 5) is 4.39. The van der Waals surface area contributed by atoms with Gasteiger partial charge in [0.05, 0.1) is 4.90 Å². The number of aromatic nitrogens is 1. The molecule has 1 aromatic heterocycles. The SMILES string of the molecule is CCCNc1cc(S(=O)(=O)N(C)CCC)ccn1. The molecule has 102 valence electrons. The van der Waals surface area contributed by atoms with Crippen molar-refractivity contribution in [1.82, 2.24) is 9.29 Å². The fourth-order valence-electron chi connectivity index (χ4n) is 1.54. The number of nitrogens with one attached hydrogen (secondary N) is 1. The minimum absolute atomic E-state index is 0.284. The molecule has 0 aliphatic rings. The molecule has 18 heavy (non-hydrogen) atoms. The minimum atomic E-state index is -3.40. The van der Waals surface area contributed by atoms with E-state index in [1.165, 1.54) is 16.6 Å². The quantitative estimate of drug-likeness (QED) is 0.823. The molecule has 0 spiro atoms. The fourth-order valence-corrected chi connectivity index (χ4v) is 2.81. The van der Waals surface area contributed by atoms with Crippen molar-refractivity contribution in [2.75, 3.05) is 25.5 Å². The second-order valence-electron chi connectivity index (χ2n) is 4.13. The molecule has 0 fully saturated rings. The lowest BCUT2D eigenvalue weighted by Gasteiger charge is -2.16. The summed E-state index contributed by atoms with van der Waals surface area (Å²) in [5.41, 5.74) is 0. The van der Waals surface area contributed by atoms with Crippen LogP contribution in [0.15, 0.2) is 23.2 Å². The Kier molecular flexibility index (Phi) is 5.55. The van der Waals surface area contributed by atoms with Crippen molar-refractivity contribution in [2.24, 2.45) is 0 Å². The molecule has 0 aliphatic heterocycles. The number of hydrogen-bond donors (Lipinski definition) is 1. The average Bonchev–Trinajstić information content (AvgIpc) is 2.37. The van der Waals surface area contributed by atoms with Crippen LogP contribution < -0.4 is 5.32 Å². The van der Waals surface area contributed by atoms with E-state index in [0.717, 1.165) is 19.4 Å². The predicted molar refractivity (Wildman–Crippen MR) is 73.1 cm³/mol. The lowest BCUT2D eigenvalue weighted by Crippen LogP contribution is -2.27. The molecular formula is C12H21N3O2S. The van der Waals surface area contributed by atoms with Crippen molar-refractivity contribution < 1.29 is 8.42 Å². The van der Waals surface area contributed by atoms with Crippen molar-refractivity contribution in [1.29, 1.82) is 0 Å². The van der Waals surface area contributed by atoms with Crippen LogP contribution >= 0.6 is 0 Å². The van der Waals surface area contributed by atoms with Crippen LogP contribution in [0.25, 0.3) is 0 Å². The Morgan fingerprint density at radius 2 is 2.06 bits per heavy atom. The maximum atomic E-state index is 12.2. The second kappa shape index (κ2) is 6.70. The first-order valence-corrected chi connectivity index (χ1v) is 7.62. The van der Waals surface area contributed by atoms with Gasteiger partial charge in [-0.05, 0) is 18.9 Å². The maximum Gasteiger partial charge on any atom is 0.243 e. The monoisotopic (exact) mass is 271 g/mol. The molecule has 1 aromatic rings. The number of nitrogens with zero attached hydrogens (tertiary/aromatic N) is 2. The van der Waals surface area contributed by atoms with Crippen LogP contribution in [-0.2, 0) is 10.0 Å². The third kappa shape index (κ3) is 3.68. The van der Waals surface area contributed by atoms with Gasteiger partial charge in [0.15, 0.2) is 0 Å². The Morgan fingerprint density at radius 3 is 2.67 bits per heavy atom. The van der Waals surface area contributed by atoms with Crippen molar-refractivity contribution in [3.05, 3.63) is 18.3 Å². The molecule has 5 nitrogen and oxygen atoms in total. The molecule has 6 heteroatoms. The lowest BCUT2D eigenvalue weighted by atomic mass is 10.4. The van der Waals surface area contributed by atoms with Gasteiger partial charge in [0.2, 0.25) is 10.0 Å². The van der Waals surface area contributed by atoms with Crippen LogP contribution in [-0.4, -0.2) is 37.8 Å². The first-order valence-electron chi connectivity index (χ1n) is 6.18. The fraction of sp³-hybridized carbons (Fsp3) is 0.583. The van der Waals surface area contributed by atoms with Gasteiger partial charge in [-0.25, -0.2) is 17.7 Å². The van der Waals surface area contributed by atoms with Crippen LogP contribution in [0.1, 0.15) is 26.7 Å².